The number of hydrogen-bond acceptors (Lipinski definition) is 3. The predicted molar refractivity (Wildman–Crippen MR) is 74.6 cm³/mol. The molecular weight excluding hydrogens is 254 g/mol. The largest absolute Gasteiger partial charge is 0.490 e. The molecule has 1 heterocycles. The minimum atomic E-state index is -0.141. The van der Waals surface area contributed by atoms with Crippen molar-refractivity contribution in [2.24, 2.45) is 0 Å². The molecule has 1 aromatic heterocycles. The molecule has 104 valence electrons. The summed E-state index contributed by atoms with van der Waals surface area (Å²) >= 11 is 0. The number of hydrogen-bond donors (Lipinski definition) is 1. The molecule has 1 N–H and O–H groups in total. The highest BCUT2D eigenvalue weighted by molar-refractivity contribution is 5.93. The Hall–Kier alpha value is -2.23. The molecule has 1 aromatic carbocycles. The summed E-state index contributed by atoms with van der Waals surface area (Å²) in [5.41, 5.74) is 1.53. The van der Waals surface area contributed by atoms with Gasteiger partial charge in [0.05, 0.1) is 17.9 Å². The Morgan fingerprint density at radius 3 is 2.85 bits per heavy atom. The summed E-state index contributed by atoms with van der Waals surface area (Å²) in [5.74, 6) is 0.724. The quantitative estimate of drug-likeness (QED) is 0.909. The van der Waals surface area contributed by atoms with Gasteiger partial charge in [-0.25, -0.2) is 0 Å². The van der Waals surface area contributed by atoms with E-state index in [0.717, 1.165) is 24.2 Å². The van der Waals surface area contributed by atoms with Crippen LogP contribution in [0, 0.1) is 0 Å². The molecule has 0 aliphatic heterocycles. The summed E-state index contributed by atoms with van der Waals surface area (Å²) in [7, 11) is 0. The van der Waals surface area contributed by atoms with Crippen molar-refractivity contribution in [2.75, 3.05) is 0 Å². The van der Waals surface area contributed by atoms with Crippen LogP contribution >= 0.6 is 0 Å². The minimum Gasteiger partial charge on any atom is -0.490 e. The molecule has 20 heavy (non-hydrogen) atoms. The normalized spacial score (nSPS) is 14.6. The molecule has 1 saturated carbocycles. The fourth-order valence-electron chi connectivity index (χ4n) is 2.10. The highest BCUT2D eigenvalue weighted by Crippen LogP contribution is 2.27. The highest BCUT2D eigenvalue weighted by Gasteiger charge is 2.20. The number of para-hydroxylation sites is 1. The van der Waals surface area contributed by atoms with E-state index in [9.17, 15) is 4.79 Å². The lowest BCUT2D eigenvalue weighted by Gasteiger charge is -2.27. The van der Waals surface area contributed by atoms with E-state index < -0.39 is 0 Å². The zero-order chi connectivity index (χ0) is 13.8. The third-order valence-electron chi connectivity index (χ3n) is 3.54. The van der Waals surface area contributed by atoms with Gasteiger partial charge in [0, 0.05) is 12.1 Å². The molecule has 0 radical (unpaired) electrons. The van der Waals surface area contributed by atoms with Crippen LogP contribution in [0.15, 0.2) is 47.3 Å². The molecular formula is C16H17NO3. The maximum Gasteiger partial charge on any atom is 0.254 e. The molecule has 4 nitrogen and oxygen atoms in total. The van der Waals surface area contributed by atoms with Crippen molar-refractivity contribution in [3.63, 3.8) is 0 Å². The smallest absolute Gasteiger partial charge is 0.254 e. The van der Waals surface area contributed by atoms with E-state index in [-0.39, 0.29) is 5.91 Å². The van der Waals surface area contributed by atoms with E-state index in [2.05, 4.69) is 5.32 Å². The van der Waals surface area contributed by atoms with Crippen molar-refractivity contribution >= 4 is 5.91 Å². The summed E-state index contributed by atoms with van der Waals surface area (Å²) in [4.78, 5) is 11.9. The first kappa shape index (κ1) is 12.8. The Morgan fingerprint density at radius 2 is 2.15 bits per heavy atom. The van der Waals surface area contributed by atoms with Crippen molar-refractivity contribution in [3.05, 3.63) is 54.0 Å². The van der Waals surface area contributed by atoms with Crippen LogP contribution in [-0.4, -0.2) is 12.0 Å². The van der Waals surface area contributed by atoms with Crippen LogP contribution in [-0.2, 0) is 6.54 Å². The third kappa shape index (κ3) is 2.85. The van der Waals surface area contributed by atoms with Crippen LogP contribution in [0.1, 0.15) is 35.2 Å². The highest BCUT2D eigenvalue weighted by atomic mass is 16.5. The first-order valence-electron chi connectivity index (χ1n) is 6.88. The number of carbonyl (C=O) groups is 1. The molecule has 3 rings (SSSR count). The van der Waals surface area contributed by atoms with E-state index >= 15 is 0 Å². The molecule has 2 aromatic rings. The Morgan fingerprint density at radius 1 is 1.30 bits per heavy atom. The fraction of sp³-hybridized carbons (Fsp3) is 0.312. The Balaban J connectivity index is 1.63. The second-order valence-electron chi connectivity index (χ2n) is 4.97. The van der Waals surface area contributed by atoms with Crippen LogP contribution in [0.3, 0.4) is 0 Å². The molecule has 0 unspecified atom stereocenters. The number of furan rings is 1. The minimum absolute atomic E-state index is 0.141. The number of amides is 1. The standard InChI is InChI=1S/C16H17NO3/c18-16(13-8-9-19-11-13)17-10-12-4-1-2-7-15(12)20-14-5-3-6-14/h1-2,4,7-9,11,14H,3,5-6,10H2,(H,17,18). The average Bonchev–Trinajstić information content (AvgIpc) is 2.95. The van der Waals surface area contributed by atoms with E-state index in [1.54, 1.807) is 6.07 Å². The topological polar surface area (TPSA) is 51.5 Å². The van der Waals surface area contributed by atoms with Gasteiger partial charge >= 0.3 is 0 Å². The monoisotopic (exact) mass is 271 g/mol. The van der Waals surface area contributed by atoms with Gasteiger partial charge in [-0.1, -0.05) is 18.2 Å². The Kier molecular flexibility index (Phi) is 3.72. The van der Waals surface area contributed by atoms with Crippen molar-refractivity contribution in [1.29, 1.82) is 0 Å². The molecule has 1 aliphatic rings. The van der Waals surface area contributed by atoms with Gasteiger partial charge in [-0.3, -0.25) is 4.79 Å². The lowest BCUT2D eigenvalue weighted by Crippen LogP contribution is -2.26. The molecule has 0 spiro atoms. The van der Waals surface area contributed by atoms with Crippen molar-refractivity contribution in [2.45, 2.75) is 31.9 Å². The van der Waals surface area contributed by atoms with E-state index in [0.29, 0.717) is 18.2 Å². The molecule has 1 aliphatic carbocycles. The van der Waals surface area contributed by atoms with Gasteiger partial charge in [0.1, 0.15) is 12.0 Å². The fourth-order valence-corrected chi connectivity index (χ4v) is 2.10. The van der Waals surface area contributed by atoms with Crippen molar-refractivity contribution in [3.8, 4) is 5.75 Å². The molecule has 1 fully saturated rings. The van der Waals surface area contributed by atoms with E-state index in [1.807, 2.05) is 24.3 Å². The molecule has 1 amide bonds. The summed E-state index contributed by atoms with van der Waals surface area (Å²) in [5, 5.41) is 2.87. The maximum absolute atomic E-state index is 11.9. The van der Waals surface area contributed by atoms with Gasteiger partial charge in [0.2, 0.25) is 0 Å². The second-order valence-corrected chi connectivity index (χ2v) is 4.97. The van der Waals surface area contributed by atoms with E-state index in [4.69, 9.17) is 9.15 Å². The van der Waals surface area contributed by atoms with Gasteiger partial charge < -0.3 is 14.5 Å². The third-order valence-corrected chi connectivity index (χ3v) is 3.54. The SMILES string of the molecule is O=C(NCc1ccccc1OC1CCC1)c1ccoc1. The zero-order valence-corrected chi connectivity index (χ0v) is 11.2. The van der Waals surface area contributed by atoms with Crippen LogP contribution in [0.2, 0.25) is 0 Å². The summed E-state index contributed by atoms with van der Waals surface area (Å²) in [6.45, 7) is 0.451. The van der Waals surface area contributed by atoms with Gasteiger partial charge in [-0.05, 0) is 31.4 Å². The lowest BCUT2D eigenvalue weighted by atomic mass is 9.96. The van der Waals surface area contributed by atoms with Crippen LogP contribution < -0.4 is 10.1 Å². The van der Waals surface area contributed by atoms with Gasteiger partial charge in [0.15, 0.2) is 0 Å². The zero-order valence-electron chi connectivity index (χ0n) is 11.2. The van der Waals surface area contributed by atoms with Gasteiger partial charge in [0.25, 0.3) is 5.91 Å². The van der Waals surface area contributed by atoms with E-state index in [1.165, 1.54) is 18.9 Å². The second kappa shape index (κ2) is 5.82. The van der Waals surface area contributed by atoms with Gasteiger partial charge in [-0.2, -0.15) is 0 Å². The number of benzene rings is 1. The number of carbonyl (C=O) groups excluding carboxylic acids is 1. The molecule has 0 saturated heterocycles. The molecule has 4 heteroatoms. The predicted octanol–water partition coefficient (Wildman–Crippen LogP) is 3.14. The Labute approximate surface area is 117 Å². The van der Waals surface area contributed by atoms with Crippen molar-refractivity contribution < 1.29 is 13.9 Å². The lowest BCUT2D eigenvalue weighted by molar-refractivity contribution is 0.0948. The molecule has 0 atom stereocenters. The first-order chi connectivity index (χ1) is 9.83. The van der Waals surface area contributed by atoms with Crippen molar-refractivity contribution in [1.82, 2.24) is 5.32 Å². The number of nitrogens with one attached hydrogen (secondary N) is 1. The molecule has 0 bridgehead atoms. The van der Waals surface area contributed by atoms with Crippen LogP contribution in [0.4, 0.5) is 0 Å². The number of ether oxygens (including phenoxy) is 1. The van der Waals surface area contributed by atoms with Gasteiger partial charge in [-0.15, -0.1) is 0 Å². The summed E-state index contributed by atoms with van der Waals surface area (Å²) < 4.78 is 10.8. The van der Waals surface area contributed by atoms with Crippen LogP contribution in [0.5, 0.6) is 5.75 Å². The number of rotatable bonds is 5. The summed E-state index contributed by atoms with van der Waals surface area (Å²) in [6.07, 6.45) is 6.74. The average molecular weight is 271 g/mol. The maximum atomic E-state index is 11.9. The Bertz CT molecular complexity index is 573. The first-order valence-corrected chi connectivity index (χ1v) is 6.88. The van der Waals surface area contributed by atoms with Crippen LogP contribution in [0.25, 0.3) is 0 Å². The summed E-state index contributed by atoms with van der Waals surface area (Å²) in [6, 6.07) is 9.48.